The van der Waals surface area contributed by atoms with Gasteiger partial charge in [0.1, 0.15) is 12.4 Å². The van der Waals surface area contributed by atoms with Crippen LogP contribution in [0.3, 0.4) is 0 Å². The molecule has 2 fully saturated rings. The molecule has 4 rings (SSSR count). The minimum Gasteiger partial charge on any atom is -0.489 e. The maximum absolute atomic E-state index is 13.0. The molecule has 2 saturated heterocycles. The maximum Gasteiger partial charge on any atom is 0.253 e. The fourth-order valence-electron chi connectivity index (χ4n) is 4.28. The van der Waals surface area contributed by atoms with Crippen molar-refractivity contribution in [1.29, 1.82) is 0 Å². The lowest BCUT2D eigenvalue weighted by Crippen LogP contribution is -2.47. The van der Waals surface area contributed by atoms with Gasteiger partial charge in [-0.2, -0.15) is 0 Å². The average molecular weight is 364 g/mol. The van der Waals surface area contributed by atoms with Crippen molar-refractivity contribution in [2.24, 2.45) is 5.41 Å². The number of benzene rings is 2. The summed E-state index contributed by atoms with van der Waals surface area (Å²) in [7, 11) is 0. The summed E-state index contributed by atoms with van der Waals surface area (Å²) < 4.78 is 5.88. The molecule has 4 heteroatoms. The number of nitrogens with one attached hydrogen (secondary N) is 1. The zero-order chi connectivity index (χ0) is 18.5. The Hall–Kier alpha value is -2.33. The minimum atomic E-state index is 0.129. The number of piperidine rings is 2. The highest BCUT2D eigenvalue weighted by molar-refractivity contribution is 5.94. The smallest absolute Gasteiger partial charge is 0.253 e. The van der Waals surface area contributed by atoms with Gasteiger partial charge in [0.15, 0.2) is 0 Å². The number of hydrogen-bond donors (Lipinski definition) is 1. The summed E-state index contributed by atoms with van der Waals surface area (Å²) in [6.07, 6.45) is 4.75. The van der Waals surface area contributed by atoms with Crippen molar-refractivity contribution >= 4 is 5.91 Å². The largest absolute Gasteiger partial charge is 0.489 e. The first-order chi connectivity index (χ1) is 13.2. The molecule has 1 spiro atoms. The Kier molecular flexibility index (Phi) is 5.44. The van der Waals surface area contributed by atoms with Gasteiger partial charge in [-0.1, -0.05) is 36.4 Å². The zero-order valence-corrected chi connectivity index (χ0v) is 15.8. The van der Waals surface area contributed by atoms with Crippen LogP contribution in [0.1, 0.15) is 41.6 Å². The lowest BCUT2D eigenvalue weighted by molar-refractivity contribution is 0.0495. The van der Waals surface area contributed by atoms with E-state index in [1.807, 2.05) is 59.5 Å². The van der Waals surface area contributed by atoms with Gasteiger partial charge in [0.05, 0.1) is 0 Å². The fourth-order valence-corrected chi connectivity index (χ4v) is 4.28. The molecule has 0 aliphatic carbocycles. The van der Waals surface area contributed by atoms with Crippen LogP contribution in [0.4, 0.5) is 0 Å². The molecule has 0 aromatic heterocycles. The molecule has 0 radical (unpaired) electrons. The van der Waals surface area contributed by atoms with Gasteiger partial charge in [-0.05, 0) is 68.0 Å². The van der Waals surface area contributed by atoms with E-state index in [-0.39, 0.29) is 5.91 Å². The Bertz CT molecular complexity index is 759. The van der Waals surface area contributed by atoms with E-state index >= 15 is 0 Å². The van der Waals surface area contributed by atoms with Crippen molar-refractivity contribution < 1.29 is 9.53 Å². The standard InChI is InChI=1S/C23H28N2O2/c26-22(25-15-11-23(12-16-25)9-13-24-14-10-23)20-7-4-8-21(17-20)27-18-19-5-2-1-3-6-19/h1-8,17,24H,9-16,18H2. The number of carbonyl (C=O) groups excluding carboxylic acids is 1. The van der Waals surface area contributed by atoms with Crippen molar-refractivity contribution in [2.45, 2.75) is 32.3 Å². The van der Waals surface area contributed by atoms with Gasteiger partial charge in [0.25, 0.3) is 5.91 Å². The molecule has 0 atom stereocenters. The van der Waals surface area contributed by atoms with Crippen LogP contribution in [0.2, 0.25) is 0 Å². The number of amides is 1. The molecule has 0 bridgehead atoms. The monoisotopic (exact) mass is 364 g/mol. The van der Waals surface area contributed by atoms with E-state index < -0.39 is 0 Å². The number of rotatable bonds is 4. The number of carbonyl (C=O) groups is 1. The van der Waals surface area contributed by atoms with Crippen LogP contribution >= 0.6 is 0 Å². The molecule has 1 N–H and O–H groups in total. The molecule has 0 unspecified atom stereocenters. The first kappa shape index (κ1) is 18.1. The molecule has 4 nitrogen and oxygen atoms in total. The third-order valence-electron chi connectivity index (χ3n) is 6.10. The van der Waals surface area contributed by atoms with Gasteiger partial charge in [-0.3, -0.25) is 4.79 Å². The molecule has 2 aliphatic rings. The van der Waals surface area contributed by atoms with E-state index in [2.05, 4.69) is 5.32 Å². The van der Waals surface area contributed by atoms with Gasteiger partial charge in [-0.15, -0.1) is 0 Å². The lowest BCUT2D eigenvalue weighted by Gasteiger charge is -2.44. The molecule has 2 heterocycles. The summed E-state index contributed by atoms with van der Waals surface area (Å²) in [5.41, 5.74) is 2.31. The predicted octanol–water partition coefficient (Wildman–Crippen LogP) is 3.87. The molecule has 2 aromatic carbocycles. The summed E-state index contributed by atoms with van der Waals surface area (Å²) in [4.78, 5) is 15.0. The Morgan fingerprint density at radius 3 is 2.44 bits per heavy atom. The van der Waals surface area contributed by atoms with Gasteiger partial charge >= 0.3 is 0 Å². The van der Waals surface area contributed by atoms with Crippen LogP contribution in [-0.4, -0.2) is 37.0 Å². The van der Waals surface area contributed by atoms with Gasteiger partial charge in [0, 0.05) is 18.7 Å². The van der Waals surface area contributed by atoms with Crippen LogP contribution in [0.15, 0.2) is 54.6 Å². The normalized spacial score (nSPS) is 19.0. The summed E-state index contributed by atoms with van der Waals surface area (Å²) in [6.45, 7) is 4.49. The molecular weight excluding hydrogens is 336 g/mol. The number of nitrogens with zero attached hydrogens (tertiary/aromatic N) is 1. The summed E-state index contributed by atoms with van der Waals surface area (Å²) in [5.74, 6) is 0.875. The molecular formula is C23H28N2O2. The van der Waals surface area contributed by atoms with Gasteiger partial charge < -0.3 is 15.0 Å². The van der Waals surface area contributed by atoms with E-state index in [1.165, 1.54) is 12.8 Å². The second-order valence-electron chi connectivity index (χ2n) is 7.84. The topological polar surface area (TPSA) is 41.6 Å². The fraction of sp³-hybridized carbons (Fsp3) is 0.435. The van der Waals surface area contributed by atoms with Crippen LogP contribution in [-0.2, 0) is 6.61 Å². The van der Waals surface area contributed by atoms with Gasteiger partial charge in [0.2, 0.25) is 0 Å². The average Bonchev–Trinajstić information content (AvgIpc) is 2.74. The Morgan fingerprint density at radius 2 is 1.70 bits per heavy atom. The highest BCUT2D eigenvalue weighted by Crippen LogP contribution is 2.39. The number of ether oxygens (including phenoxy) is 1. The summed E-state index contributed by atoms with van der Waals surface area (Å²) >= 11 is 0. The molecule has 2 aliphatic heterocycles. The minimum absolute atomic E-state index is 0.129. The summed E-state index contributed by atoms with van der Waals surface area (Å²) in [5, 5.41) is 3.45. The van der Waals surface area contributed by atoms with E-state index in [0.29, 0.717) is 12.0 Å². The van der Waals surface area contributed by atoms with E-state index in [4.69, 9.17) is 4.74 Å². The highest BCUT2D eigenvalue weighted by atomic mass is 16.5. The van der Waals surface area contributed by atoms with E-state index in [1.54, 1.807) is 0 Å². The maximum atomic E-state index is 13.0. The van der Waals surface area contributed by atoms with E-state index in [0.717, 1.165) is 55.9 Å². The van der Waals surface area contributed by atoms with Crippen LogP contribution in [0, 0.1) is 5.41 Å². The quantitative estimate of drug-likeness (QED) is 0.895. The highest BCUT2D eigenvalue weighted by Gasteiger charge is 2.36. The third kappa shape index (κ3) is 4.33. The third-order valence-corrected chi connectivity index (χ3v) is 6.10. The van der Waals surface area contributed by atoms with Gasteiger partial charge in [-0.25, -0.2) is 0 Å². The second kappa shape index (κ2) is 8.13. The Balaban J connectivity index is 1.36. The van der Waals surface area contributed by atoms with Crippen LogP contribution in [0.5, 0.6) is 5.75 Å². The molecule has 1 amide bonds. The first-order valence-corrected chi connectivity index (χ1v) is 10.0. The van der Waals surface area contributed by atoms with Crippen LogP contribution in [0.25, 0.3) is 0 Å². The number of likely N-dealkylation sites (tertiary alicyclic amines) is 1. The van der Waals surface area contributed by atoms with E-state index in [9.17, 15) is 4.79 Å². The Labute approximate surface area is 161 Å². The lowest BCUT2D eigenvalue weighted by atomic mass is 9.71. The van der Waals surface area contributed by atoms with Crippen molar-refractivity contribution in [2.75, 3.05) is 26.2 Å². The molecule has 0 saturated carbocycles. The second-order valence-corrected chi connectivity index (χ2v) is 7.84. The first-order valence-electron chi connectivity index (χ1n) is 10.0. The molecule has 2 aromatic rings. The van der Waals surface area contributed by atoms with Crippen molar-refractivity contribution in [3.63, 3.8) is 0 Å². The number of hydrogen-bond acceptors (Lipinski definition) is 3. The van der Waals surface area contributed by atoms with Crippen molar-refractivity contribution in [1.82, 2.24) is 10.2 Å². The Morgan fingerprint density at radius 1 is 0.963 bits per heavy atom. The summed E-state index contributed by atoms with van der Waals surface area (Å²) in [6, 6.07) is 17.7. The SMILES string of the molecule is O=C(c1cccc(OCc2ccccc2)c1)N1CCC2(CCNCC2)CC1. The zero-order valence-electron chi connectivity index (χ0n) is 15.8. The molecule has 27 heavy (non-hydrogen) atoms. The van der Waals surface area contributed by atoms with Crippen molar-refractivity contribution in [3.05, 3.63) is 65.7 Å². The van der Waals surface area contributed by atoms with Crippen LogP contribution < -0.4 is 10.1 Å². The van der Waals surface area contributed by atoms with Crippen molar-refractivity contribution in [3.8, 4) is 5.75 Å². The molecule has 142 valence electrons. The predicted molar refractivity (Wildman–Crippen MR) is 107 cm³/mol.